The number of amides is 1. The van der Waals surface area contributed by atoms with Gasteiger partial charge in [0.2, 0.25) is 0 Å². The number of rotatable bonds is 5. The molecule has 0 aromatic heterocycles. The van der Waals surface area contributed by atoms with Crippen molar-refractivity contribution in [2.75, 3.05) is 11.9 Å². The number of nitrogens with one attached hydrogen (secondary N) is 1. The quantitative estimate of drug-likeness (QED) is 0.660. The van der Waals surface area contributed by atoms with E-state index in [9.17, 15) is 9.59 Å². The average Bonchev–Trinajstić information content (AvgIpc) is 2.67. The van der Waals surface area contributed by atoms with Crippen LogP contribution in [0.4, 0.5) is 5.69 Å². The molecule has 0 fully saturated rings. The predicted molar refractivity (Wildman–Crippen MR) is 102 cm³/mol. The van der Waals surface area contributed by atoms with Crippen LogP contribution >= 0.6 is 11.6 Å². The van der Waals surface area contributed by atoms with Gasteiger partial charge in [-0.05, 0) is 29.8 Å². The highest BCUT2D eigenvalue weighted by Gasteiger charge is 2.12. The van der Waals surface area contributed by atoms with Crippen molar-refractivity contribution in [2.24, 2.45) is 0 Å². The number of hydrogen-bond acceptors (Lipinski definition) is 3. The Kier molecular flexibility index (Phi) is 5.66. The summed E-state index contributed by atoms with van der Waals surface area (Å²) >= 11 is 5.85. The maximum atomic E-state index is 12.2. The summed E-state index contributed by atoms with van der Waals surface area (Å²) in [5, 5.41) is 3.22. The fourth-order valence-corrected chi connectivity index (χ4v) is 2.67. The van der Waals surface area contributed by atoms with E-state index < -0.39 is 11.9 Å². The molecule has 0 heterocycles. The fraction of sp³-hybridized carbons (Fsp3) is 0.0476. The third-order valence-corrected chi connectivity index (χ3v) is 3.92. The van der Waals surface area contributed by atoms with Crippen LogP contribution in [0.5, 0.6) is 0 Å². The molecule has 3 rings (SSSR count). The van der Waals surface area contributed by atoms with Crippen LogP contribution < -0.4 is 5.32 Å². The van der Waals surface area contributed by atoms with Gasteiger partial charge in [0.1, 0.15) is 0 Å². The summed E-state index contributed by atoms with van der Waals surface area (Å²) in [6, 6.07) is 23.6. The Morgan fingerprint density at radius 3 is 2.38 bits per heavy atom. The van der Waals surface area contributed by atoms with Crippen molar-refractivity contribution in [3.63, 3.8) is 0 Å². The van der Waals surface area contributed by atoms with E-state index in [-0.39, 0.29) is 6.61 Å². The van der Waals surface area contributed by atoms with Gasteiger partial charge >= 0.3 is 5.97 Å². The molecule has 5 heteroatoms. The molecule has 3 aromatic carbocycles. The molecular formula is C21H16ClNO3. The highest BCUT2D eigenvalue weighted by atomic mass is 35.5. The molecule has 3 aromatic rings. The van der Waals surface area contributed by atoms with Crippen molar-refractivity contribution in [2.45, 2.75) is 0 Å². The smallest absolute Gasteiger partial charge is 0.338 e. The molecule has 130 valence electrons. The Labute approximate surface area is 156 Å². The number of halogens is 1. The van der Waals surface area contributed by atoms with Crippen molar-refractivity contribution in [3.8, 4) is 11.1 Å². The first-order valence-electron chi connectivity index (χ1n) is 8.00. The first kappa shape index (κ1) is 17.7. The van der Waals surface area contributed by atoms with Crippen LogP contribution in [-0.4, -0.2) is 18.5 Å². The van der Waals surface area contributed by atoms with Crippen molar-refractivity contribution >= 4 is 29.2 Å². The molecule has 1 amide bonds. The third kappa shape index (κ3) is 4.49. The summed E-state index contributed by atoms with van der Waals surface area (Å²) < 4.78 is 5.05. The molecule has 0 saturated heterocycles. The number of esters is 1. The molecule has 26 heavy (non-hydrogen) atoms. The summed E-state index contributed by atoms with van der Waals surface area (Å²) in [5.74, 6) is -1.01. The molecule has 0 unspecified atom stereocenters. The maximum absolute atomic E-state index is 12.2. The molecule has 4 nitrogen and oxygen atoms in total. The van der Waals surface area contributed by atoms with Crippen molar-refractivity contribution in [3.05, 3.63) is 89.4 Å². The van der Waals surface area contributed by atoms with Crippen molar-refractivity contribution < 1.29 is 14.3 Å². The molecule has 0 aliphatic heterocycles. The van der Waals surface area contributed by atoms with E-state index >= 15 is 0 Å². The number of ether oxygens (including phenoxy) is 1. The summed E-state index contributed by atoms with van der Waals surface area (Å²) in [5.41, 5.74) is 2.83. The van der Waals surface area contributed by atoms with Gasteiger partial charge in [-0.3, -0.25) is 4.79 Å². The lowest BCUT2D eigenvalue weighted by atomic mass is 10.0. The van der Waals surface area contributed by atoms with Gasteiger partial charge in [0.05, 0.1) is 5.56 Å². The molecule has 0 spiro atoms. The van der Waals surface area contributed by atoms with Gasteiger partial charge in [0, 0.05) is 16.3 Å². The van der Waals surface area contributed by atoms with E-state index in [1.807, 2.05) is 48.5 Å². The summed E-state index contributed by atoms with van der Waals surface area (Å²) in [6.07, 6.45) is 0. The lowest BCUT2D eigenvalue weighted by Crippen LogP contribution is -2.21. The zero-order chi connectivity index (χ0) is 18.4. The van der Waals surface area contributed by atoms with Crippen LogP contribution in [-0.2, 0) is 9.53 Å². The van der Waals surface area contributed by atoms with Crippen LogP contribution in [0.2, 0.25) is 5.02 Å². The number of carbonyl (C=O) groups is 2. The summed E-state index contributed by atoms with van der Waals surface area (Å²) in [4.78, 5) is 24.2. The minimum atomic E-state index is -0.598. The van der Waals surface area contributed by atoms with Gasteiger partial charge in [-0.15, -0.1) is 0 Å². The highest BCUT2D eigenvalue weighted by molar-refractivity contribution is 6.30. The zero-order valence-electron chi connectivity index (χ0n) is 13.8. The highest BCUT2D eigenvalue weighted by Crippen LogP contribution is 2.27. The Morgan fingerprint density at radius 1 is 0.885 bits per heavy atom. The Morgan fingerprint density at radius 2 is 1.62 bits per heavy atom. The van der Waals surface area contributed by atoms with E-state index in [2.05, 4.69) is 5.32 Å². The van der Waals surface area contributed by atoms with E-state index in [0.717, 1.165) is 11.1 Å². The Hall–Kier alpha value is -3.11. The molecule has 0 atom stereocenters. The molecule has 0 aliphatic carbocycles. The Bertz CT molecular complexity index is 925. The Balaban J connectivity index is 1.65. The molecule has 1 N–H and O–H groups in total. The number of hydrogen-bond donors (Lipinski definition) is 1. The normalized spacial score (nSPS) is 10.2. The molecular weight excluding hydrogens is 350 g/mol. The van der Waals surface area contributed by atoms with Crippen LogP contribution in [0.3, 0.4) is 0 Å². The second kappa shape index (κ2) is 8.32. The minimum absolute atomic E-state index is 0.301. The van der Waals surface area contributed by atoms with Crippen LogP contribution in [0, 0.1) is 0 Å². The van der Waals surface area contributed by atoms with E-state index in [4.69, 9.17) is 16.3 Å². The zero-order valence-corrected chi connectivity index (χ0v) is 14.6. The first-order valence-corrected chi connectivity index (χ1v) is 8.38. The van der Waals surface area contributed by atoms with E-state index in [0.29, 0.717) is 16.3 Å². The van der Waals surface area contributed by atoms with Gasteiger partial charge in [0.25, 0.3) is 5.91 Å². The average molecular weight is 366 g/mol. The van der Waals surface area contributed by atoms with Crippen molar-refractivity contribution in [1.29, 1.82) is 0 Å². The van der Waals surface area contributed by atoms with Gasteiger partial charge in [0.15, 0.2) is 6.61 Å². The number of benzene rings is 3. The summed E-state index contributed by atoms with van der Waals surface area (Å²) in [7, 11) is 0. The van der Waals surface area contributed by atoms with Crippen LogP contribution in [0.15, 0.2) is 78.9 Å². The third-order valence-electron chi connectivity index (χ3n) is 3.68. The van der Waals surface area contributed by atoms with Gasteiger partial charge in [-0.25, -0.2) is 4.79 Å². The van der Waals surface area contributed by atoms with Gasteiger partial charge in [-0.2, -0.15) is 0 Å². The number of anilines is 1. The van der Waals surface area contributed by atoms with Gasteiger partial charge in [-0.1, -0.05) is 66.2 Å². The second-order valence-electron chi connectivity index (χ2n) is 5.55. The van der Waals surface area contributed by atoms with E-state index in [1.165, 1.54) is 6.07 Å². The molecule has 0 radical (unpaired) electrons. The lowest BCUT2D eigenvalue weighted by Gasteiger charge is -2.11. The minimum Gasteiger partial charge on any atom is -0.452 e. The molecule has 0 bridgehead atoms. The monoisotopic (exact) mass is 365 g/mol. The SMILES string of the molecule is O=C(COC(=O)c1cccc(Cl)c1)Nc1ccccc1-c1ccccc1. The maximum Gasteiger partial charge on any atom is 0.338 e. The standard InChI is InChI=1S/C21H16ClNO3/c22-17-10-6-9-16(13-17)21(25)26-14-20(24)23-19-12-5-4-11-18(19)15-7-2-1-3-8-15/h1-13H,14H2,(H,23,24). The predicted octanol–water partition coefficient (Wildman–Crippen LogP) is 4.80. The fourth-order valence-electron chi connectivity index (χ4n) is 2.48. The summed E-state index contributed by atoms with van der Waals surface area (Å²) in [6.45, 7) is -0.380. The van der Waals surface area contributed by atoms with Crippen molar-refractivity contribution in [1.82, 2.24) is 0 Å². The van der Waals surface area contributed by atoms with Crippen LogP contribution in [0.25, 0.3) is 11.1 Å². The van der Waals surface area contributed by atoms with E-state index in [1.54, 1.807) is 24.3 Å². The molecule has 0 saturated carbocycles. The van der Waals surface area contributed by atoms with Gasteiger partial charge < -0.3 is 10.1 Å². The second-order valence-corrected chi connectivity index (χ2v) is 5.98. The number of carbonyl (C=O) groups excluding carboxylic acids is 2. The lowest BCUT2D eigenvalue weighted by molar-refractivity contribution is -0.119. The molecule has 0 aliphatic rings. The largest absolute Gasteiger partial charge is 0.452 e. The topological polar surface area (TPSA) is 55.4 Å². The number of para-hydroxylation sites is 1. The van der Waals surface area contributed by atoms with Crippen LogP contribution in [0.1, 0.15) is 10.4 Å². The first-order chi connectivity index (χ1) is 12.6.